The lowest BCUT2D eigenvalue weighted by molar-refractivity contribution is -0.274. The predicted molar refractivity (Wildman–Crippen MR) is 76.1 cm³/mol. The third kappa shape index (κ3) is 4.93. The topological polar surface area (TPSA) is 68.3 Å². The number of alkyl halides is 3. The minimum atomic E-state index is -4.82. The lowest BCUT2D eigenvalue weighted by Gasteiger charge is -2.15. The van der Waals surface area contributed by atoms with Gasteiger partial charge in [0.25, 0.3) is 0 Å². The number of halogens is 3. The highest BCUT2D eigenvalue weighted by Gasteiger charge is 2.31. The van der Waals surface area contributed by atoms with Crippen LogP contribution in [0.3, 0.4) is 0 Å². The van der Waals surface area contributed by atoms with E-state index in [-0.39, 0.29) is 4.90 Å². The van der Waals surface area contributed by atoms with Gasteiger partial charge in [0.1, 0.15) is 5.75 Å². The first-order valence-corrected chi connectivity index (χ1v) is 7.94. The van der Waals surface area contributed by atoms with Gasteiger partial charge in [-0.2, -0.15) is 0 Å². The van der Waals surface area contributed by atoms with Gasteiger partial charge in [0.05, 0.1) is 4.90 Å². The molecule has 1 atom stereocenters. The van der Waals surface area contributed by atoms with Crippen molar-refractivity contribution in [2.45, 2.75) is 24.2 Å². The summed E-state index contributed by atoms with van der Waals surface area (Å²) in [5.41, 5.74) is 0.709. The van der Waals surface area contributed by atoms with E-state index in [1.54, 1.807) is 19.1 Å². The molecule has 1 N–H and O–H groups in total. The van der Waals surface area contributed by atoms with E-state index < -0.39 is 28.2 Å². The Hall–Kier alpha value is -2.13. The zero-order chi connectivity index (χ0) is 17.1. The summed E-state index contributed by atoms with van der Waals surface area (Å²) in [4.78, 5) is 3.68. The number of aromatic nitrogens is 1. The van der Waals surface area contributed by atoms with E-state index in [9.17, 15) is 21.6 Å². The first kappa shape index (κ1) is 17.2. The van der Waals surface area contributed by atoms with Gasteiger partial charge in [-0.25, -0.2) is 13.1 Å². The molecule has 1 heterocycles. The molecule has 23 heavy (non-hydrogen) atoms. The number of sulfonamides is 1. The molecule has 0 bridgehead atoms. The highest BCUT2D eigenvalue weighted by molar-refractivity contribution is 7.89. The van der Waals surface area contributed by atoms with Crippen LogP contribution in [0.5, 0.6) is 5.75 Å². The van der Waals surface area contributed by atoms with Gasteiger partial charge in [0.15, 0.2) is 0 Å². The molecule has 0 aliphatic carbocycles. The maximum Gasteiger partial charge on any atom is 0.573 e. The normalized spacial score (nSPS) is 13.6. The van der Waals surface area contributed by atoms with Crippen LogP contribution < -0.4 is 9.46 Å². The van der Waals surface area contributed by atoms with Gasteiger partial charge in [-0.3, -0.25) is 4.98 Å². The molecule has 0 aliphatic heterocycles. The second kappa shape index (κ2) is 6.55. The molecule has 1 aromatic heterocycles. The van der Waals surface area contributed by atoms with Crippen LogP contribution in [0.25, 0.3) is 0 Å². The lowest BCUT2D eigenvalue weighted by Crippen LogP contribution is -2.27. The molecule has 0 aliphatic rings. The molecule has 2 aromatic rings. The minimum Gasteiger partial charge on any atom is -0.406 e. The van der Waals surface area contributed by atoms with E-state index in [0.717, 1.165) is 24.3 Å². The van der Waals surface area contributed by atoms with Crippen molar-refractivity contribution in [3.63, 3.8) is 0 Å². The number of hydrogen-bond donors (Lipinski definition) is 1. The third-order valence-corrected chi connectivity index (χ3v) is 4.46. The van der Waals surface area contributed by atoms with Gasteiger partial charge in [0, 0.05) is 18.4 Å². The Morgan fingerprint density at radius 1 is 1.09 bits per heavy atom. The van der Waals surface area contributed by atoms with Crippen LogP contribution >= 0.6 is 0 Å². The number of rotatable bonds is 5. The predicted octanol–water partition coefficient (Wildman–Crippen LogP) is 3.02. The molecular weight excluding hydrogens is 333 g/mol. The Morgan fingerprint density at radius 3 is 2.17 bits per heavy atom. The smallest absolute Gasteiger partial charge is 0.406 e. The SMILES string of the molecule is C[C@@H](NS(=O)(=O)c1ccc(OC(F)(F)F)cc1)c1ccncc1. The van der Waals surface area contributed by atoms with Crippen LogP contribution in [0, 0.1) is 0 Å². The molecule has 0 fully saturated rings. The van der Waals surface area contributed by atoms with Crippen LogP contribution in [-0.2, 0) is 10.0 Å². The Balaban J connectivity index is 2.13. The van der Waals surface area contributed by atoms with Crippen molar-refractivity contribution in [3.8, 4) is 5.75 Å². The third-order valence-electron chi connectivity index (χ3n) is 2.91. The Labute approximate surface area is 131 Å². The second-order valence-corrected chi connectivity index (χ2v) is 6.36. The molecule has 124 valence electrons. The van der Waals surface area contributed by atoms with Crippen molar-refractivity contribution >= 4 is 10.0 Å². The van der Waals surface area contributed by atoms with Crippen LogP contribution in [-0.4, -0.2) is 19.8 Å². The molecule has 0 unspecified atom stereocenters. The summed E-state index contributed by atoms with van der Waals surface area (Å²) in [6.07, 6.45) is -1.76. The fourth-order valence-corrected chi connectivity index (χ4v) is 3.07. The number of ether oxygens (including phenoxy) is 1. The molecule has 2 rings (SSSR count). The van der Waals surface area contributed by atoms with Crippen LogP contribution in [0.2, 0.25) is 0 Å². The van der Waals surface area contributed by atoms with Gasteiger partial charge in [-0.1, -0.05) is 0 Å². The summed E-state index contributed by atoms with van der Waals surface area (Å²) >= 11 is 0. The highest BCUT2D eigenvalue weighted by Crippen LogP contribution is 2.24. The summed E-state index contributed by atoms with van der Waals surface area (Å²) < 4.78 is 66.8. The van der Waals surface area contributed by atoms with Crippen LogP contribution in [0.15, 0.2) is 53.7 Å². The summed E-state index contributed by atoms with van der Waals surface area (Å²) in [7, 11) is -3.88. The van der Waals surface area contributed by atoms with Crippen molar-refractivity contribution < 1.29 is 26.3 Å². The average Bonchev–Trinajstić information content (AvgIpc) is 2.46. The zero-order valence-electron chi connectivity index (χ0n) is 11.9. The van der Waals surface area contributed by atoms with E-state index in [1.165, 1.54) is 12.4 Å². The minimum absolute atomic E-state index is 0.159. The average molecular weight is 346 g/mol. The first-order valence-electron chi connectivity index (χ1n) is 6.45. The molecular formula is C14H13F3N2O3S. The molecule has 1 aromatic carbocycles. The monoisotopic (exact) mass is 346 g/mol. The molecule has 5 nitrogen and oxygen atoms in total. The van der Waals surface area contributed by atoms with Crippen molar-refractivity contribution in [3.05, 3.63) is 54.4 Å². The fourth-order valence-electron chi connectivity index (χ4n) is 1.84. The number of benzene rings is 1. The maximum absolute atomic E-state index is 12.2. The van der Waals surface area contributed by atoms with E-state index >= 15 is 0 Å². The second-order valence-electron chi connectivity index (χ2n) is 4.64. The number of pyridine rings is 1. The van der Waals surface area contributed by atoms with Crippen molar-refractivity contribution in [2.75, 3.05) is 0 Å². The van der Waals surface area contributed by atoms with Gasteiger partial charge in [-0.05, 0) is 48.9 Å². The molecule has 0 radical (unpaired) electrons. The van der Waals surface area contributed by atoms with Crippen molar-refractivity contribution in [1.82, 2.24) is 9.71 Å². The largest absolute Gasteiger partial charge is 0.573 e. The quantitative estimate of drug-likeness (QED) is 0.904. The van der Waals surface area contributed by atoms with E-state index in [2.05, 4.69) is 14.4 Å². The Kier molecular flexibility index (Phi) is 4.90. The Bertz CT molecular complexity index is 747. The van der Waals surface area contributed by atoms with Gasteiger partial charge in [-0.15, -0.1) is 13.2 Å². The zero-order valence-corrected chi connectivity index (χ0v) is 12.7. The van der Waals surface area contributed by atoms with Gasteiger partial charge < -0.3 is 4.74 Å². The molecule has 0 spiro atoms. The molecule has 9 heteroatoms. The summed E-state index contributed by atoms with van der Waals surface area (Å²) in [6.45, 7) is 1.65. The summed E-state index contributed by atoms with van der Waals surface area (Å²) in [5.74, 6) is -0.487. The van der Waals surface area contributed by atoms with Gasteiger partial charge in [0.2, 0.25) is 10.0 Å². The molecule has 0 saturated carbocycles. The highest BCUT2D eigenvalue weighted by atomic mass is 32.2. The first-order chi connectivity index (χ1) is 10.7. The number of nitrogens with one attached hydrogen (secondary N) is 1. The van der Waals surface area contributed by atoms with E-state index in [0.29, 0.717) is 5.56 Å². The van der Waals surface area contributed by atoms with Gasteiger partial charge >= 0.3 is 6.36 Å². The van der Waals surface area contributed by atoms with E-state index in [1.807, 2.05) is 0 Å². The van der Waals surface area contributed by atoms with Crippen molar-refractivity contribution in [2.24, 2.45) is 0 Å². The van der Waals surface area contributed by atoms with Crippen LogP contribution in [0.4, 0.5) is 13.2 Å². The molecule has 0 amide bonds. The number of nitrogens with zero attached hydrogens (tertiary/aromatic N) is 1. The summed E-state index contributed by atoms with van der Waals surface area (Å²) in [6, 6.07) is 6.78. The molecule has 0 saturated heterocycles. The van der Waals surface area contributed by atoms with E-state index in [4.69, 9.17) is 0 Å². The van der Waals surface area contributed by atoms with Crippen LogP contribution in [0.1, 0.15) is 18.5 Å². The number of hydrogen-bond acceptors (Lipinski definition) is 4. The fraction of sp³-hybridized carbons (Fsp3) is 0.214. The van der Waals surface area contributed by atoms with Crippen molar-refractivity contribution in [1.29, 1.82) is 0 Å². The Morgan fingerprint density at radius 2 is 1.65 bits per heavy atom. The summed E-state index contributed by atoms with van der Waals surface area (Å²) in [5, 5.41) is 0. The maximum atomic E-state index is 12.2. The standard InChI is InChI=1S/C14H13F3N2O3S/c1-10(11-6-8-18-9-7-11)19-23(20,21)13-4-2-12(3-5-13)22-14(15,16)17/h2-10,19H,1H3/t10-/m1/s1. The lowest BCUT2D eigenvalue weighted by atomic mass is 10.1.